The van der Waals surface area contributed by atoms with Crippen molar-refractivity contribution in [1.29, 1.82) is 0 Å². The number of anilines is 1. The van der Waals surface area contributed by atoms with E-state index in [9.17, 15) is 4.79 Å². The molecule has 0 unspecified atom stereocenters. The molecule has 6 nitrogen and oxygen atoms in total. The molecular formula is C27H30ClN3O3. The number of benzene rings is 3. The van der Waals surface area contributed by atoms with Gasteiger partial charge in [0.15, 0.2) is 0 Å². The van der Waals surface area contributed by atoms with E-state index >= 15 is 0 Å². The van der Waals surface area contributed by atoms with Gasteiger partial charge in [-0.25, -0.2) is 0 Å². The van der Waals surface area contributed by atoms with Gasteiger partial charge in [-0.15, -0.1) is 0 Å². The van der Waals surface area contributed by atoms with Crippen LogP contribution in [0.15, 0.2) is 72.8 Å². The van der Waals surface area contributed by atoms with Crippen molar-refractivity contribution in [3.05, 3.63) is 94.5 Å². The van der Waals surface area contributed by atoms with Gasteiger partial charge < -0.3 is 20.1 Å². The van der Waals surface area contributed by atoms with Crippen LogP contribution in [0.2, 0.25) is 5.02 Å². The van der Waals surface area contributed by atoms with Gasteiger partial charge in [0.05, 0.1) is 30.9 Å². The van der Waals surface area contributed by atoms with Crippen LogP contribution in [0.4, 0.5) is 5.69 Å². The largest absolute Gasteiger partial charge is 0.497 e. The average molecular weight is 480 g/mol. The van der Waals surface area contributed by atoms with Crippen molar-refractivity contribution in [3.63, 3.8) is 0 Å². The van der Waals surface area contributed by atoms with Crippen LogP contribution in [0.1, 0.15) is 27.5 Å². The quantitative estimate of drug-likeness (QED) is 0.463. The number of hydrogen-bond donors (Lipinski definition) is 2. The van der Waals surface area contributed by atoms with Gasteiger partial charge in [0.1, 0.15) is 5.75 Å². The molecule has 3 aromatic rings. The third kappa shape index (κ3) is 6.36. The summed E-state index contributed by atoms with van der Waals surface area (Å²) in [5, 5.41) is 6.98. The predicted octanol–water partition coefficient (Wildman–Crippen LogP) is 4.76. The molecule has 1 heterocycles. The summed E-state index contributed by atoms with van der Waals surface area (Å²) in [6.07, 6.45) is 0. The van der Waals surface area contributed by atoms with Crippen molar-refractivity contribution in [2.75, 3.05) is 45.3 Å². The number of carbonyl (C=O) groups excluding carboxylic acids is 1. The summed E-state index contributed by atoms with van der Waals surface area (Å²) < 4.78 is 10.9. The third-order valence-corrected chi connectivity index (χ3v) is 6.29. The van der Waals surface area contributed by atoms with Crippen molar-refractivity contribution in [3.8, 4) is 5.75 Å². The van der Waals surface area contributed by atoms with Gasteiger partial charge in [-0.2, -0.15) is 0 Å². The van der Waals surface area contributed by atoms with Crippen molar-refractivity contribution < 1.29 is 14.3 Å². The second kappa shape index (κ2) is 12.0. The van der Waals surface area contributed by atoms with Gasteiger partial charge in [-0.3, -0.25) is 9.69 Å². The number of amides is 1. The van der Waals surface area contributed by atoms with Crippen LogP contribution < -0.4 is 15.4 Å². The monoisotopic (exact) mass is 479 g/mol. The van der Waals surface area contributed by atoms with Crippen molar-refractivity contribution in [2.24, 2.45) is 0 Å². The van der Waals surface area contributed by atoms with E-state index in [1.165, 1.54) is 5.56 Å². The molecule has 0 saturated carbocycles. The minimum Gasteiger partial charge on any atom is -0.497 e. The molecule has 1 fully saturated rings. The van der Waals surface area contributed by atoms with E-state index in [1.807, 2.05) is 36.4 Å². The minimum atomic E-state index is -0.220. The molecule has 34 heavy (non-hydrogen) atoms. The molecule has 3 aromatic carbocycles. The lowest BCUT2D eigenvalue weighted by molar-refractivity contribution is 0.0161. The maximum absolute atomic E-state index is 12.6. The summed E-state index contributed by atoms with van der Waals surface area (Å²) in [4.78, 5) is 15.0. The van der Waals surface area contributed by atoms with E-state index in [0.717, 1.165) is 49.8 Å². The Hall–Kier alpha value is -2.90. The highest BCUT2D eigenvalue weighted by molar-refractivity contribution is 6.34. The van der Waals surface area contributed by atoms with E-state index in [2.05, 4.69) is 33.7 Å². The number of hydrogen-bond acceptors (Lipinski definition) is 5. The Morgan fingerprint density at radius 1 is 1.06 bits per heavy atom. The number of ether oxygens (including phenoxy) is 2. The fourth-order valence-corrected chi connectivity index (χ4v) is 4.35. The Balaban J connectivity index is 1.39. The van der Waals surface area contributed by atoms with Crippen molar-refractivity contribution in [1.82, 2.24) is 10.2 Å². The van der Waals surface area contributed by atoms with E-state index in [1.54, 1.807) is 25.3 Å². The van der Waals surface area contributed by atoms with Crippen LogP contribution in [-0.2, 0) is 11.3 Å². The molecular weight excluding hydrogens is 450 g/mol. The average Bonchev–Trinajstić information content (AvgIpc) is 2.88. The second-order valence-electron chi connectivity index (χ2n) is 8.20. The highest BCUT2D eigenvalue weighted by Crippen LogP contribution is 2.24. The Kier molecular flexibility index (Phi) is 8.55. The topological polar surface area (TPSA) is 62.8 Å². The zero-order valence-corrected chi connectivity index (χ0v) is 20.1. The number of morpholine rings is 1. The van der Waals surface area contributed by atoms with Crippen molar-refractivity contribution >= 4 is 23.2 Å². The molecule has 1 aliphatic rings. The molecule has 0 spiro atoms. The fraction of sp³-hybridized carbons (Fsp3) is 0.296. The summed E-state index contributed by atoms with van der Waals surface area (Å²) in [5.74, 6) is 0.635. The number of rotatable bonds is 9. The zero-order chi connectivity index (χ0) is 23.8. The summed E-state index contributed by atoms with van der Waals surface area (Å²) in [7, 11) is 1.68. The molecule has 1 atom stereocenters. The Morgan fingerprint density at radius 3 is 2.56 bits per heavy atom. The molecule has 0 aromatic heterocycles. The first-order chi connectivity index (χ1) is 16.6. The van der Waals surface area contributed by atoms with Crippen LogP contribution in [0, 0.1) is 0 Å². The van der Waals surface area contributed by atoms with Crippen molar-refractivity contribution in [2.45, 2.75) is 12.6 Å². The lowest BCUT2D eigenvalue weighted by Crippen LogP contribution is -2.42. The molecule has 2 N–H and O–H groups in total. The van der Waals surface area contributed by atoms with Gasteiger partial charge in [0.2, 0.25) is 0 Å². The van der Waals surface area contributed by atoms with Crippen LogP contribution in [0.25, 0.3) is 0 Å². The highest BCUT2D eigenvalue weighted by Gasteiger charge is 2.22. The maximum Gasteiger partial charge on any atom is 0.257 e. The number of nitrogens with zero attached hydrogens (tertiary/aromatic N) is 1. The first-order valence-corrected chi connectivity index (χ1v) is 11.8. The normalized spacial score (nSPS) is 15.0. The van der Waals surface area contributed by atoms with Gasteiger partial charge in [0.25, 0.3) is 5.91 Å². The van der Waals surface area contributed by atoms with Crippen LogP contribution >= 0.6 is 11.6 Å². The third-order valence-electron chi connectivity index (χ3n) is 5.96. The van der Waals surface area contributed by atoms with Crippen LogP contribution in [0.5, 0.6) is 5.75 Å². The number of halogens is 1. The summed E-state index contributed by atoms with van der Waals surface area (Å²) >= 11 is 6.16. The lowest BCUT2D eigenvalue weighted by atomic mass is 10.0. The molecule has 4 rings (SSSR count). The number of methoxy groups -OCH3 is 1. The summed E-state index contributed by atoms with van der Waals surface area (Å²) in [6, 6.07) is 23.4. The van der Waals surface area contributed by atoms with Crippen LogP contribution in [-0.4, -0.2) is 50.8 Å². The fourth-order valence-electron chi connectivity index (χ4n) is 4.13. The molecule has 7 heteroatoms. The number of carbonyl (C=O) groups is 1. The second-order valence-corrected chi connectivity index (χ2v) is 8.61. The van der Waals surface area contributed by atoms with Gasteiger partial charge in [-0.1, -0.05) is 48.0 Å². The van der Waals surface area contributed by atoms with E-state index < -0.39 is 0 Å². The van der Waals surface area contributed by atoms with E-state index in [0.29, 0.717) is 17.1 Å². The molecule has 0 bridgehead atoms. The Bertz CT molecular complexity index is 1080. The molecule has 0 aliphatic carbocycles. The Morgan fingerprint density at radius 2 is 1.82 bits per heavy atom. The van der Waals surface area contributed by atoms with E-state index in [-0.39, 0.29) is 11.9 Å². The minimum absolute atomic E-state index is 0.220. The molecule has 1 aliphatic heterocycles. The molecule has 0 radical (unpaired) electrons. The van der Waals surface area contributed by atoms with Gasteiger partial charge in [-0.05, 0) is 47.5 Å². The SMILES string of the molecule is COc1ccc([C@H](CNCc2cccc(NC(=O)c3ccccc3Cl)c2)N2CCOCC2)cc1. The molecule has 178 valence electrons. The molecule has 1 amide bonds. The highest BCUT2D eigenvalue weighted by atomic mass is 35.5. The van der Waals surface area contributed by atoms with E-state index in [4.69, 9.17) is 21.1 Å². The van der Waals surface area contributed by atoms with Gasteiger partial charge >= 0.3 is 0 Å². The zero-order valence-electron chi connectivity index (χ0n) is 19.3. The standard InChI is InChI=1S/C27H30ClN3O3/c1-33-23-11-9-21(10-12-23)26(31-13-15-34-16-14-31)19-29-18-20-5-4-6-22(17-20)30-27(32)24-7-2-3-8-25(24)28/h2-12,17,26,29H,13-16,18-19H2,1H3,(H,30,32)/t26-/m0/s1. The smallest absolute Gasteiger partial charge is 0.257 e. The molecule has 1 saturated heterocycles. The maximum atomic E-state index is 12.6. The lowest BCUT2D eigenvalue weighted by Gasteiger charge is -2.35. The Labute approximate surface area is 205 Å². The summed E-state index contributed by atoms with van der Waals surface area (Å²) in [6.45, 7) is 4.79. The number of nitrogens with one attached hydrogen (secondary N) is 2. The van der Waals surface area contributed by atoms with Crippen LogP contribution in [0.3, 0.4) is 0 Å². The first kappa shape index (κ1) is 24.2. The first-order valence-electron chi connectivity index (χ1n) is 11.5. The predicted molar refractivity (Wildman–Crippen MR) is 136 cm³/mol. The van der Waals surface area contributed by atoms with Gasteiger partial charge in [0, 0.05) is 37.9 Å². The summed E-state index contributed by atoms with van der Waals surface area (Å²) in [5.41, 5.74) is 3.54.